The van der Waals surface area contributed by atoms with Crippen molar-refractivity contribution >= 4 is 18.0 Å². The number of likely N-dealkylation sites (tertiary alicyclic amines) is 1. The van der Waals surface area contributed by atoms with E-state index in [0.29, 0.717) is 18.0 Å². The molecule has 9 heteroatoms. The van der Waals surface area contributed by atoms with Gasteiger partial charge in [-0.05, 0) is 64.3 Å². The van der Waals surface area contributed by atoms with Crippen LogP contribution in [0.4, 0.5) is 4.79 Å². The van der Waals surface area contributed by atoms with Crippen molar-refractivity contribution in [1.29, 1.82) is 0 Å². The van der Waals surface area contributed by atoms with Crippen molar-refractivity contribution in [2.75, 3.05) is 19.6 Å². The monoisotopic (exact) mass is 512 g/mol. The molecule has 1 unspecified atom stereocenters. The van der Waals surface area contributed by atoms with Crippen LogP contribution in [-0.4, -0.2) is 66.4 Å². The predicted octanol–water partition coefficient (Wildman–Crippen LogP) is 3.27. The molecular formula is C28H36N2O7. The number of hydrogen-bond acceptors (Lipinski definition) is 8. The Morgan fingerprint density at radius 2 is 1.95 bits per heavy atom. The van der Waals surface area contributed by atoms with E-state index in [4.69, 9.17) is 18.9 Å². The third kappa shape index (κ3) is 4.58. The summed E-state index contributed by atoms with van der Waals surface area (Å²) in [5.41, 5.74) is 1.41. The number of nitrogens with zero attached hydrogens (tertiary/aromatic N) is 1. The first kappa shape index (κ1) is 25.6. The van der Waals surface area contributed by atoms with Gasteiger partial charge < -0.3 is 24.3 Å². The van der Waals surface area contributed by atoms with Crippen LogP contribution in [0.25, 0.3) is 0 Å². The van der Waals surface area contributed by atoms with Crippen LogP contribution in [0, 0.1) is 5.92 Å². The van der Waals surface area contributed by atoms with Crippen molar-refractivity contribution < 1.29 is 33.3 Å². The molecule has 37 heavy (non-hydrogen) atoms. The van der Waals surface area contributed by atoms with Crippen LogP contribution in [0.5, 0.6) is 11.5 Å². The quantitative estimate of drug-likeness (QED) is 0.268. The van der Waals surface area contributed by atoms with Crippen molar-refractivity contribution in [3.8, 4) is 11.5 Å². The molecule has 0 radical (unpaired) electrons. The Morgan fingerprint density at radius 1 is 1.16 bits per heavy atom. The number of hydrogen-bond donors (Lipinski definition) is 1. The fraction of sp³-hybridized carbons (Fsp3) is 0.607. The maximum absolute atomic E-state index is 12.0. The van der Waals surface area contributed by atoms with Gasteiger partial charge in [-0.25, -0.2) is 4.79 Å². The SMILES string of the molecule is CC(=O)Oc1ccc2c3c1O[C@H]1[C@@H](OC(C)=O)C=C[C@H]4C(C2)N(CCCNC(=O)OC(C)(C)C)CC[C@@]341. The molecule has 1 aromatic carbocycles. The van der Waals surface area contributed by atoms with E-state index in [2.05, 4.69) is 16.3 Å². The van der Waals surface area contributed by atoms with Gasteiger partial charge in [0.15, 0.2) is 17.6 Å². The minimum atomic E-state index is -0.522. The van der Waals surface area contributed by atoms with Gasteiger partial charge in [-0.15, -0.1) is 0 Å². The molecule has 1 amide bonds. The summed E-state index contributed by atoms with van der Waals surface area (Å²) in [4.78, 5) is 38.2. The van der Waals surface area contributed by atoms with Gasteiger partial charge in [0.1, 0.15) is 11.7 Å². The first-order valence-corrected chi connectivity index (χ1v) is 13.1. The highest BCUT2D eigenvalue weighted by Gasteiger charge is 2.65. The van der Waals surface area contributed by atoms with Gasteiger partial charge in [0.05, 0.1) is 0 Å². The van der Waals surface area contributed by atoms with Gasteiger partial charge in [-0.3, -0.25) is 14.5 Å². The van der Waals surface area contributed by atoms with Crippen LogP contribution in [0.1, 0.15) is 58.6 Å². The molecule has 1 N–H and O–H groups in total. The number of benzene rings is 1. The number of piperidine rings is 1. The number of rotatable bonds is 6. The zero-order valence-electron chi connectivity index (χ0n) is 22.2. The molecule has 4 aliphatic rings. The fourth-order valence-electron chi connectivity index (χ4n) is 6.70. The van der Waals surface area contributed by atoms with Gasteiger partial charge in [-0.1, -0.05) is 12.1 Å². The summed E-state index contributed by atoms with van der Waals surface area (Å²) in [5.74, 6) is 0.438. The summed E-state index contributed by atoms with van der Waals surface area (Å²) in [6.07, 6.45) is 5.33. The molecule has 1 fully saturated rings. The van der Waals surface area contributed by atoms with Crippen molar-refractivity contribution in [2.45, 2.75) is 83.1 Å². The molecule has 1 spiro atoms. The minimum Gasteiger partial charge on any atom is -0.481 e. The van der Waals surface area contributed by atoms with Crippen molar-refractivity contribution in [2.24, 2.45) is 5.92 Å². The molecule has 2 bridgehead atoms. The summed E-state index contributed by atoms with van der Waals surface area (Å²) in [5, 5.41) is 2.85. The second-order valence-corrected chi connectivity index (χ2v) is 11.4. The molecule has 0 saturated carbocycles. The second-order valence-electron chi connectivity index (χ2n) is 11.4. The lowest BCUT2D eigenvalue weighted by Gasteiger charge is -2.57. The molecule has 2 aliphatic heterocycles. The molecule has 5 atom stereocenters. The lowest BCUT2D eigenvalue weighted by Crippen LogP contribution is -2.66. The Bertz CT molecular complexity index is 1140. The van der Waals surface area contributed by atoms with Crippen LogP contribution in [0.3, 0.4) is 0 Å². The number of esters is 2. The van der Waals surface area contributed by atoms with E-state index in [1.54, 1.807) is 0 Å². The van der Waals surface area contributed by atoms with E-state index in [9.17, 15) is 14.4 Å². The molecule has 200 valence electrons. The highest BCUT2D eigenvalue weighted by atomic mass is 16.6. The maximum atomic E-state index is 12.0. The zero-order chi connectivity index (χ0) is 26.5. The van der Waals surface area contributed by atoms with Crippen LogP contribution >= 0.6 is 0 Å². The second kappa shape index (κ2) is 9.35. The average molecular weight is 513 g/mol. The minimum absolute atomic E-state index is 0.165. The first-order chi connectivity index (χ1) is 17.5. The van der Waals surface area contributed by atoms with Gasteiger partial charge >= 0.3 is 18.0 Å². The molecular weight excluding hydrogens is 476 g/mol. The normalized spacial score (nSPS) is 29.1. The smallest absolute Gasteiger partial charge is 0.407 e. The lowest BCUT2D eigenvalue weighted by molar-refractivity contribution is -0.152. The topological polar surface area (TPSA) is 103 Å². The van der Waals surface area contributed by atoms with Crippen LogP contribution in [-0.2, 0) is 30.9 Å². The van der Waals surface area contributed by atoms with Gasteiger partial charge in [0.2, 0.25) is 0 Å². The number of carbonyl (C=O) groups is 3. The molecule has 1 saturated heterocycles. The van der Waals surface area contributed by atoms with E-state index >= 15 is 0 Å². The van der Waals surface area contributed by atoms with Gasteiger partial charge in [-0.2, -0.15) is 0 Å². The van der Waals surface area contributed by atoms with E-state index in [-0.39, 0.29) is 29.4 Å². The Morgan fingerprint density at radius 3 is 2.65 bits per heavy atom. The summed E-state index contributed by atoms with van der Waals surface area (Å²) in [7, 11) is 0. The fourth-order valence-corrected chi connectivity index (χ4v) is 6.70. The molecule has 2 aliphatic carbocycles. The summed E-state index contributed by atoms with van der Waals surface area (Å²) >= 11 is 0. The average Bonchev–Trinajstić information content (AvgIpc) is 3.13. The largest absolute Gasteiger partial charge is 0.481 e. The summed E-state index contributed by atoms with van der Waals surface area (Å²) in [6.45, 7) is 10.6. The third-order valence-corrected chi connectivity index (χ3v) is 7.80. The van der Waals surface area contributed by atoms with E-state index in [1.165, 1.54) is 19.4 Å². The van der Waals surface area contributed by atoms with Gasteiger partial charge in [0, 0.05) is 49.9 Å². The number of nitrogens with one attached hydrogen (secondary N) is 1. The molecule has 0 aromatic heterocycles. The van der Waals surface area contributed by atoms with Crippen molar-refractivity contribution in [3.63, 3.8) is 0 Å². The summed E-state index contributed by atoms with van der Waals surface area (Å²) < 4.78 is 23.1. The van der Waals surface area contributed by atoms with Crippen molar-refractivity contribution in [1.82, 2.24) is 10.2 Å². The van der Waals surface area contributed by atoms with Crippen LogP contribution in [0.15, 0.2) is 24.3 Å². The number of carbonyl (C=O) groups excluding carboxylic acids is 3. The Hall–Kier alpha value is -3.07. The molecule has 5 rings (SSSR count). The van der Waals surface area contributed by atoms with E-state index < -0.39 is 23.8 Å². The van der Waals surface area contributed by atoms with Gasteiger partial charge in [0.25, 0.3) is 0 Å². The highest BCUT2D eigenvalue weighted by Crippen LogP contribution is 2.62. The summed E-state index contributed by atoms with van der Waals surface area (Å²) in [6, 6.07) is 4.10. The predicted molar refractivity (Wildman–Crippen MR) is 135 cm³/mol. The number of ether oxygens (including phenoxy) is 4. The van der Waals surface area contributed by atoms with E-state index in [1.807, 2.05) is 39.0 Å². The zero-order valence-corrected chi connectivity index (χ0v) is 22.2. The lowest BCUT2D eigenvalue weighted by atomic mass is 9.53. The van der Waals surface area contributed by atoms with Crippen LogP contribution < -0.4 is 14.8 Å². The van der Waals surface area contributed by atoms with E-state index in [0.717, 1.165) is 37.9 Å². The molecule has 1 aromatic rings. The first-order valence-electron chi connectivity index (χ1n) is 13.1. The Balaban J connectivity index is 1.39. The third-order valence-electron chi connectivity index (χ3n) is 7.80. The number of alkyl carbamates (subject to hydrolysis) is 1. The molecule has 9 nitrogen and oxygen atoms in total. The number of amides is 1. The maximum Gasteiger partial charge on any atom is 0.407 e. The standard InChI is InChI=1S/C28H36N2O7/c1-16(31)34-21-9-7-18-15-20-19-8-10-22(35-17(2)32)25-28(19,23(18)24(21)36-25)11-14-30(20)13-6-12-29-26(33)37-27(3,4)5/h7-10,19-20,22,25H,6,11-15H2,1-5H3,(H,29,33)/t19-,20?,22-,25-,28-/m0/s1. The van der Waals surface area contributed by atoms with Crippen molar-refractivity contribution in [3.05, 3.63) is 35.4 Å². The molecule has 2 heterocycles. The Labute approximate surface area is 217 Å². The van der Waals surface area contributed by atoms with Crippen LogP contribution in [0.2, 0.25) is 0 Å². The highest BCUT2D eigenvalue weighted by molar-refractivity contribution is 5.73. The Kier molecular flexibility index (Phi) is 6.46.